The van der Waals surface area contributed by atoms with Crippen LogP contribution in [0.15, 0.2) is 54.7 Å². The van der Waals surface area contributed by atoms with Crippen LogP contribution in [0.3, 0.4) is 0 Å². The fourth-order valence-electron chi connectivity index (χ4n) is 1.96. The van der Waals surface area contributed by atoms with E-state index in [9.17, 15) is 4.79 Å². The molecular formula is C14H9ClNOS+. The number of nitrogens with zero attached hydrogens (tertiary/aromatic N) is 1. The molecule has 0 aliphatic carbocycles. The monoisotopic (exact) mass is 274 g/mol. The number of pyridine rings is 1. The normalized spacial score (nSPS) is 10.7. The van der Waals surface area contributed by atoms with E-state index in [2.05, 4.69) is 0 Å². The molecule has 18 heavy (non-hydrogen) atoms. The highest BCUT2D eigenvalue weighted by Crippen LogP contribution is 2.28. The van der Waals surface area contributed by atoms with Crippen molar-refractivity contribution in [3.8, 4) is 11.3 Å². The van der Waals surface area contributed by atoms with Gasteiger partial charge in [-0.2, -0.15) is 0 Å². The van der Waals surface area contributed by atoms with E-state index in [1.165, 1.54) is 11.3 Å². The summed E-state index contributed by atoms with van der Waals surface area (Å²) in [5.41, 5.74) is 1.85. The summed E-state index contributed by atoms with van der Waals surface area (Å²) in [6.45, 7) is 0. The van der Waals surface area contributed by atoms with Crippen molar-refractivity contribution in [2.75, 3.05) is 0 Å². The molecule has 0 bridgehead atoms. The summed E-state index contributed by atoms with van der Waals surface area (Å²) in [5.74, 6) is 0. The molecule has 0 radical (unpaired) electrons. The quantitative estimate of drug-likeness (QED) is 0.517. The maximum absolute atomic E-state index is 11.6. The average molecular weight is 275 g/mol. The first kappa shape index (κ1) is 11.4. The Morgan fingerprint density at radius 2 is 1.78 bits per heavy atom. The SMILES string of the molecule is O=C(Cl)c1sc2cccc[n+]2c1-c1ccccc1. The zero-order valence-electron chi connectivity index (χ0n) is 9.34. The topological polar surface area (TPSA) is 21.2 Å². The molecule has 88 valence electrons. The summed E-state index contributed by atoms with van der Waals surface area (Å²) in [6, 6.07) is 15.7. The Labute approximate surface area is 113 Å². The molecule has 2 heterocycles. The van der Waals surface area contributed by atoms with Crippen molar-refractivity contribution in [3.05, 3.63) is 59.6 Å². The number of halogens is 1. The van der Waals surface area contributed by atoms with Crippen LogP contribution in [0.4, 0.5) is 0 Å². The second-order valence-corrected chi connectivity index (χ2v) is 5.20. The molecule has 0 atom stereocenters. The number of hydrogen-bond donors (Lipinski definition) is 0. The number of hydrogen-bond acceptors (Lipinski definition) is 2. The minimum atomic E-state index is -0.414. The predicted molar refractivity (Wildman–Crippen MR) is 73.1 cm³/mol. The van der Waals surface area contributed by atoms with Crippen LogP contribution in [-0.4, -0.2) is 5.24 Å². The number of thiazole rings is 1. The van der Waals surface area contributed by atoms with Gasteiger partial charge < -0.3 is 0 Å². The Kier molecular flexibility index (Phi) is 2.86. The minimum Gasteiger partial charge on any atom is -0.274 e. The molecule has 2 aromatic heterocycles. The number of rotatable bonds is 2. The van der Waals surface area contributed by atoms with Crippen LogP contribution >= 0.6 is 22.9 Å². The second-order valence-electron chi connectivity index (χ2n) is 3.83. The van der Waals surface area contributed by atoms with Gasteiger partial charge >= 0.3 is 0 Å². The molecule has 4 heteroatoms. The van der Waals surface area contributed by atoms with E-state index in [0.29, 0.717) is 4.88 Å². The molecule has 0 saturated heterocycles. The third-order valence-electron chi connectivity index (χ3n) is 2.71. The number of aromatic nitrogens is 1. The average Bonchev–Trinajstić information content (AvgIpc) is 2.79. The van der Waals surface area contributed by atoms with E-state index in [-0.39, 0.29) is 0 Å². The van der Waals surface area contributed by atoms with Gasteiger partial charge in [-0.15, -0.1) is 4.40 Å². The van der Waals surface area contributed by atoms with Crippen LogP contribution in [-0.2, 0) is 0 Å². The highest BCUT2D eigenvalue weighted by Gasteiger charge is 2.25. The fourth-order valence-corrected chi connectivity index (χ4v) is 3.16. The Bertz CT molecular complexity index is 721. The molecule has 3 rings (SSSR count). The largest absolute Gasteiger partial charge is 0.274 e. The highest BCUT2D eigenvalue weighted by atomic mass is 35.5. The summed E-state index contributed by atoms with van der Waals surface area (Å²) in [7, 11) is 0. The number of fused-ring (bicyclic) bond motifs is 1. The molecular weight excluding hydrogens is 266 g/mol. The van der Waals surface area contributed by atoms with Crippen molar-refractivity contribution in [2.24, 2.45) is 0 Å². The molecule has 2 nitrogen and oxygen atoms in total. The lowest BCUT2D eigenvalue weighted by molar-refractivity contribution is -0.495. The molecule has 0 aliphatic rings. The van der Waals surface area contributed by atoms with Gasteiger partial charge in [0.25, 0.3) is 10.1 Å². The van der Waals surface area contributed by atoms with Crippen molar-refractivity contribution in [1.29, 1.82) is 0 Å². The molecule has 3 aromatic rings. The molecule has 0 saturated carbocycles. The van der Waals surface area contributed by atoms with E-state index in [4.69, 9.17) is 11.6 Å². The van der Waals surface area contributed by atoms with Gasteiger partial charge in [0.1, 0.15) is 0 Å². The van der Waals surface area contributed by atoms with E-state index >= 15 is 0 Å². The maximum atomic E-state index is 11.6. The molecule has 0 N–H and O–H groups in total. The van der Waals surface area contributed by atoms with E-state index in [1.807, 2.05) is 59.1 Å². The Balaban J connectivity index is 2.38. The minimum absolute atomic E-state index is 0.414. The lowest BCUT2D eigenvalue weighted by Gasteiger charge is -1.95. The van der Waals surface area contributed by atoms with E-state index in [1.54, 1.807) is 0 Å². The van der Waals surface area contributed by atoms with Gasteiger partial charge in [-0.1, -0.05) is 29.5 Å². The fraction of sp³-hybridized carbons (Fsp3) is 0. The van der Waals surface area contributed by atoms with Crippen LogP contribution in [0.1, 0.15) is 9.67 Å². The zero-order chi connectivity index (χ0) is 12.5. The van der Waals surface area contributed by atoms with Crippen LogP contribution in [0, 0.1) is 0 Å². The van der Waals surface area contributed by atoms with Crippen molar-refractivity contribution < 1.29 is 9.20 Å². The van der Waals surface area contributed by atoms with Gasteiger partial charge in [0.05, 0.1) is 0 Å². The van der Waals surface area contributed by atoms with Gasteiger partial charge in [0.2, 0.25) is 5.69 Å². The Hall–Kier alpha value is -1.71. The van der Waals surface area contributed by atoms with Gasteiger partial charge in [0.15, 0.2) is 11.1 Å². The van der Waals surface area contributed by atoms with E-state index < -0.39 is 5.24 Å². The molecule has 1 aromatic carbocycles. The lowest BCUT2D eigenvalue weighted by atomic mass is 10.1. The van der Waals surface area contributed by atoms with Crippen molar-refractivity contribution >= 4 is 33.0 Å². The van der Waals surface area contributed by atoms with Crippen molar-refractivity contribution in [2.45, 2.75) is 0 Å². The second kappa shape index (κ2) is 4.52. The molecule has 0 aliphatic heterocycles. The first-order valence-electron chi connectivity index (χ1n) is 5.46. The van der Waals surface area contributed by atoms with Gasteiger partial charge in [-0.3, -0.25) is 4.79 Å². The van der Waals surface area contributed by atoms with Crippen LogP contribution in [0.25, 0.3) is 16.1 Å². The van der Waals surface area contributed by atoms with Crippen molar-refractivity contribution in [1.82, 2.24) is 0 Å². The molecule has 0 fully saturated rings. The third-order valence-corrected chi connectivity index (χ3v) is 4.14. The Morgan fingerprint density at radius 3 is 2.50 bits per heavy atom. The number of carbonyl (C=O) groups is 1. The predicted octanol–water partition coefficient (Wildman–Crippen LogP) is 3.53. The van der Waals surface area contributed by atoms with Crippen LogP contribution < -0.4 is 4.40 Å². The maximum Gasteiger partial charge on any atom is 0.269 e. The van der Waals surface area contributed by atoms with Crippen LogP contribution in [0.5, 0.6) is 0 Å². The zero-order valence-corrected chi connectivity index (χ0v) is 10.9. The summed E-state index contributed by atoms with van der Waals surface area (Å²) in [4.78, 5) is 13.1. The summed E-state index contributed by atoms with van der Waals surface area (Å²) in [5, 5.41) is -0.414. The lowest BCUT2D eigenvalue weighted by Crippen LogP contribution is -2.21. The molecule has 0 spiro atoms. The van der Waals surface area contributed by atoms with Crippen LogP contribution in [0.2, 0.25) is 0 Å². The number of benzene rings is 1. The molecule has 0 unspecified atom stereocenters. The summed E-state index contributed by atoms with van der Waals surface area (Å²) < 4.78 is 2.00. The van der Waals surface area contributed by atoms with Gasteiger partial charge in [0, 0.05) is 17.7 Å². The first-order valence-corrected chi connectivity index (χ1v) is 6.65. The first-order chi connectivity index (χ1) is 8.77. The smallest absolute Gasteiger partial charge is 0.269 e. The van der Waals surface area contributed by atoms with Gasteiger partial charge in [-0.05, 0) is 29.8 Å². The summed E-state index contributed by atoms with van der Waals surface area (Å²) >= 11 is 7.10. The standard InChI is InChI=1S/C14H9ClNOS/c15-14(17)13-12(10-6-2-1-3-7-10)16-9-5-4-8-11(16)18-13/h1-9H/q+1. The highest BCUT2D eigenvalue weighted by molar-refractivity contribution is 7.20. The Morgan fingerprint density at radius 1 is 1.06 bits per heavy atom. The van der Waals surface area contributed by atoms with Gasteiger partial charge in [-0.25, -0.2) is 0 Å². The third kappa shape index (κ3) is 1.82. The van der Waals surface area contributed by atoms with Crippen molar-refractivity contribution in [3.63, 3.8) is 0 Å². The van der Waals surface area contributed by atoms with E-state index in [0.717, 1.165) is 16.1 Å². The number of carbonyl (C=O) groups excluding carboxylic acids is 1. The summed E-state index contributed by atoms with van der Waals surface area (Å²) in [6.07, 6.45) is 1.94. The molecule has 0 amide bonds.